The summed E-state index contributed by atoms with van der Waals surface area (Å²) in [4.78, 5) is 2.37. The van der Waals surface area contributed by atoms with Crippen molar-refractivity contribution in [1.82, 2.24) is 0 Å². The molecule has 0 aliphatic carbocycles. The standard InChI is InChI=1S/C13H19NO3S/c1-18(15,16)17-11-12-5-7-13(8-6-12)14-9-3-2-4-10-14/h5-8H,2-4,9-11H2,1H3. The summed E-state index contributed by atoms with van der Waals surface area (Å²) < 4.78 is 26.5. The molecule has 1 heterocycles. The molecule has 0 amide bonds. The summed E-state index contributed by atoms with van der Waals surface area (Å²) in [6.45, 7) is 2.33. The minimum absolute atomic E-state index is 0.110. The molecule has 0 aromatic heterocycles. The van der Waals surface area contributed by atoms with Crippen LogP contribution in [0.2, 0.25) is 0 Å². The minimum Gasteiger partial charge on any atom is -0.372 e. The average Bonchev–Trinajstić information content (AvgIpc) is 2.37. The Bertz CT molecular complexity index is 475. The molecule has 0 saturated carbocycles. The first-order chi connectivity index (χ1) is 8.54. The third-order valence-electron chi connectivity index (χ3n) is 3.10. The highest BCUT2D eigenvalue weighted by atomic mass is 32.2. The van der Waals surface area contributed by atoms with E-state index in [2.05, 4.69) is 4.90 Å². The van der Waals surface area contributed by atoms with Gasteiger partial charge in [0.25, 0.3) is 10.1 Å². The number of anilines is 1. The summed E-state index contributed by atoms with van der Waals surface area (Å²) in [6.07, 6.45) is 4.88. The van der Waals surface area contributed by atoms with E-state index in [0.717, 1.165) is 24.9 Å². The van der Waals surface area contributed by atoms with Crippen LogP contribution in [-0.2, 0) is 20.9 Å². The molecule has 0 bridgehead atoms. The third kappa shape index (κ3) is 3.99. The van der Waals surface area contributed by atoms with Crippen LogP contribution in [0.25, 0.3) is 0 Å². The molecular formula is C13H19NO3S. The van der Waals surface area contributed by atoms with Crippen molar-refractivity contribution in [3.63, 3.8) is 0 Å². The number of rotatable bonds is 4. The van der Waals surface area contributed by atoms with Gasteiger partial charge in [-0.15, -0.1) is 0 Å². The molecule has 1 saturated heterocycles. The van der Waals surface area contributed by atoms with Gasteiger partial charge in [0.2, 0.25) is 0 Å². The summed E-state index contributed by atoms with van der Waals surface area (Å²) in [6, 6.07) is 7.92. The van der Waals surface area contributed by atoms with E-state index in [9.17, 15) is 8.42 Å². The van der Waals surface area contributed by atoms with Crippen LogP contribution in [0.5, 0.6) is 0 Å². The first-order valence-electron chi connectivity index (χ1n) is 6.23. The van der Waals surface area contributed by atoms with Crippen LogP contribution in [0, 0.1) is 0 Å². The average molecular weight is 269 g/mol. The lowest BCUT2D eigenvalue weighted by atomic mass is 10.1. The van der Waals surface area contributed by atoms with Crippen molar-refractivity contribution in [3.05, 3.63) is 29.8 Å². The van der Waals surface area contributed by atoms with Crippen LogP contribution in [0.1, 0.15) is 24.8 Å². The third-order valence-corrected chi connectivity index (χ3v) is 3.64. The van der Waals surface area contributed by atoms with Gasteiger partial charge in [-0.1, -0.05) is 12.1 Å². The van der Waals surface area contributed by atoms with Crippen LogP contribution < -0.4 is 4.90 Å². The minimum atomic E-state index is -3.36. The van der Waals surface area contributed by atoms with Crippen LogP contribution in [0.4, 0.5) is 5.69 Å². The molecule has 18 heavy (non-hydrogen) atoms. The number of hydrogen-bond acceptors (Lipinski definition) is 4. The Balaban J connectivity index is 1.96. The lowest BCUT2D eigenvalue weighted by Crippen LogP contribution is -2.29. The van der Waals surface area contributed by atoms with Gasteiger partial charge >= 0.3 is 0 Å². The Morgan fingerprint density at radius 3 is 2.28 bits per heavy atom. The Hall–Kier alpha value is -1.07. The van der Waals surface area contributed by atoms with Gasteiger partial charge in [0.05, 0.1) is 12.9 Å². The van der Waals surface area contributed by atoms with E-state index in [-0.39, 0.29) is 6.61 Å². The van der Waals surface area contributed by atoms with E-state index in [1.807, 2.05) is 24.3 Å². The highest BCUT2D eigenvalue weighted by Gasteiger charge is 2.10. The first-order valence-corrected chi connectivity index (χ1v) is 8.04. The van der Waals surface area contributed by atoms with Gasteiger partial charge in [-0.05, 0) is 37.0 Å². The second-order valence-electron chi connectivity index (χ2n) is 4.68. The zero-order valence-electron chi connectivity index (χ0n) is 10.6. The fraction of sp³-hybridized carbons (Fsp3) is 0.538. The highest BCUT2D eigenvalue weighted by molar-refractivity contribution is 7.85. The zero-order chi connectivity index (χ0) is 13.0. The summed E-state index contributed by atoms with van der Waals surface area (Å²) in [5, 5.41) is 0. The number of hydrogen-bond donors (Lipinski definition) is 0. The molecular weight excluding hydrogens is 250 g/mol. The van der Waals surface area contributed by atoms with Crippen LogP contribution in [0.15, 0.2) is 24.3 Å². The highest BCUT2D eigenvalue weighted by Crippen LogP contribution is 2.20. The summed E-state index contributed by atoms with van der Waals surface area (Å²) in [5.41, 5.74) is 2.08. The quantitative estimate of drug-likeness (QED) is 0.786. The molecule has 2 rings (SSSR count). The molecule has 1 aliphatic heterocycles. The SMILES string of the molecule is CS(=O)(=O)OCc1ccc(N2CCCCC2)cc1. The Kier molecular flexibility index (Phi) is 4.24. The molecule has 0 spiro atoms. The van der Waals surface area contributed by atoms with Crippen LogP contribution in [0.3, 0.4) is 0 Å². The van der Waals surface area contributed by atoms with Gasteiger partial charge in [0.15, 0.2) is 0 Å². The predicted molar refractivity (Wildman–Crippen MR) is 72.1 cm³/mol. The molecule has 0 unspecified atom stereocenters. The van der Waals surface area contributed by atoms with E-state index in [1.165, 1.54) is 24.9 Å². The van der Waals surface area contributed by atoms with Crippen molar-refractivity contribution in [2.24, 2.45) is 0 Å². The van der Waals surface area contributed by atoms with Crippen molar-refractivity contribution in [1.29, 1.82) is 0 Å². The van der Waals surface area contributed by atoms with Crippen molar-refractivity contribution in [2.45, 2.75) is 25.9 Å². The van der Waals surface area contributed by atoms with Gasteiger partial charge in [-0.25, -0.2) is 0 Å². The smallest absolute Gasteiger partial charge is 0.264 e. The van der Waals surface area contributed by atoms with E-state index >= 15 is 0 Å². The molecule has 0 radical (unpaired) electrons. The molecule has 1 aliphatic rings. The largest absolute Gasteiger partial charge is 0.372 e. The Morgan fingerprint density at radius 2 is 1.72 bits per heavy atom. The van der Waals surface area contributed by atoms with E-state index in [0.29, 0.717) is 0 Å². The lowest BCUT2D eigenvalue weighted by molar-refractivity contribution is 0.311. The van der Waals surface area contributed by atoms with Crippen LogP contribution in [-0.4, -0.2) is 27.8 Å². The maximum atomic E-state index is 10.9. The summed E-state index contributed by atoms with van der Waals surface area (Å²) in [7, 11) is -3.36. The van der Waals surface area contributed by atoms with Crippen LogP contribution >= 0.6 is 0 Å². The fourth-order valence-electron chi connectivity index (χ4n) is 2.13. The van der Waals surface area contributed by atoms with Gasteiger partial charge < -0.3 is 4.90 Å². The number of nitrogens with zero attached hydrogens (tertiary/aromatic N) is 1. The second-order valence-corrected chi connectivity index (χ2v) is 6.32. The van der Waals surface area contributed by atoms with Crippen molar-refractivity contribution in [2.75, 3.05) is 24.2 Å². The lowest BCUT2D eigenvalue weighted by Gasteiger charge is -2.28. The fourth-order valence-corrected chi connectivity index (χ4v) is 2.48. The number of piperidine rings is 1. The van der Waals surface area contributed by atoms with E-state index < -0.39 is 10.1 Å². The molecule has 0 N–H and O–H groups in total. The van der Waals surface area contributed by atoms with Crippen molar-refractivity contribution in [3.8, 4) is 0 Å². The summed E-state index contributed by atoms with van der Waals surface area (Å²) >= 11 is 0. The van der Waals surface area contributed by atoms with Gasteiger partial charge in [0.1, 0.15) is 0 Å². The normalized spacial score (nSPS) is 16.8. The van der Waals surface area contributed by atoms with E-state index in [4.69, 9.17) is 4.18 Å². The molecule has 100 valence electrons. The van der Waals surface area contributed by atoms with Crippen molar-refractivity contribution < 1.29 is 12.6 Å². The maximum absolute atomic E-state index is 10.9. The van der Waals surface area contributed by atoms with Crippen molar-refractivity contribution >= 4 is 15.8 Å². The molecule has 5 heteroatoms. The van der Waals surface area contributed by atoms with E-state index in [1.54, 1.807) is 0 Å². The summed E-state index contributed by atoms with van der Waals surface area (Å²) in [5.74, 6) is 0. The molecule has 0 atom stereocenters. The van der Waals surface area contributed by atoms with Gasteiger partial charge in [-0.2, -0.15) is 8.42 Å². The van der Waals surface area contributed by atoms with Gasteiger partial charge in [-0.3, -0.25) is 4.18 Å². The Morgan fingerprint density at radius 1 is 1.11 bits per heavy atom. The first kappa shape index (κ1) is 13.4. The molecule has 1 fully saturated rings. The molecule has 1 aromatic carbocycles. The Labute approximate surface area is 109 Å². The molecule has 4 nitrogen and oxygen atoms in total. The monoisotopic (exact) mass is 269 g/mol. The van der Waals surface area contributed by atoms with Gasteiger partial charge in [0, 0.05) is 18.8 Å². The zero-order valence-corrected chi connectivity index (χ0v) is 11.4. The number of benzene rings is 1. The maximum Gasteiger partial charge on any atom is 0.264 e. The second kappa shape index (κ2) is 5.71. The molecule has 1 aromatic rings. The topological polar surface area (TPSA) is 46.6 Å². The predicted octanol–water partition coefficient (Wildman–Crippen LogP) is 2.15.